The maximum Gasteiger partial charge on any atom is 0.276 e. The van der Waals surface area contributed by atoms with Crippen LogP contribution in [0, 0.1) is 6.92 Å². The van der Waals surface area contributed by atoms with E-state index in [1.165, 1.54) is 12.3 Å². The first kappa shape index (κ1) is 19.5. The Morgan fingerprint density at radius 2 is 1.84 bits per heavy atom. The highest BCUT2D eigenvalue weighted by Gasteiger charge is 2.21. The van der Waals surface area contributed by atoms with E-state index in [0.717, 1.165) is 10.0 Å². The fourth-order valence-corrected chi connectivity index (χ4v) is 3.64. The SMILES string of the molecule is Cc1ccc(C(C)(C)C)cc1S(=O)(=O)N/N=C/c1cc(Br)ccc1O. The number of aromatic hydroxyl groups is 1. The summed E-state index contributed by atoms with van der Waals surface area (Å²) in [6.45, 7) is 7.81. The zero-order chi connectivity index (χ0) is 18.8. The molecule has 0 unspecified atom stereocenters. The molecule has 0 amide bonds. The smallest absolute Gasteiger partial charge is 0.276 e. The first-order valence-corrected chi connectivity index (χ1v) is 9.93. The molecule has 0 aliphatic carbocycles. The van der Waals surface area contributed by atoms with Gasteiger partial charge in [0.15, 0.2) is 0 Å². The fraction of sp³-hybridized carbons (Fsp3) is 0.278. The van der Waals surface area contributed by atoms with Crippen molar-refractivity contribution >= 4 is 32.2 Å². The predicted molar refractivity (Wildman–Crippen MR) is 104 cm³/mol. The van der Waals surface area contributed by atoms with Gasteiger partial charge in [0.05, 0.1) is 11.1 Å². The van der Waals surface area contributed by atoms with Gasteiger partial charge in [0.2, 0.25) is 0 Å². The average Bonchev–Trinajstić information content (AvgIpc) is 2.49. The van der Waals surface area contributed by atoms with Gasteiger partial charge in [0, 0.05) is 10.0 Å². The summed E-state index contributed by atoms with van der Waals surface area (Å²) in [5.41, 5.74) is 1.80. The molecule has 2 rings (SSSR count). The number of hydrogen-bond donors (Lipinski definition) is 2. The van der Waals surface area contributed by atoms with E-state index >= 15 is 0 Å². The molecule has 25 heavy (non-hydrogen) atoms. The van der Waals surface area contributed by atoms with Crippen LogP contribution in [0.2, 0.25) is 0 Å². The largest absolute Gasteiger partial charge is 0.507 e. The zero-order valence-electron chi connectivity index (χ0n) is 14.5. The number of aryl methyl sites for hydroxylation is 1. The van der Waals surface area contributed by atoms with Gasteiger partial charge in [-0.1, -0.05) is 48.8 Å². The number of hydrazone groups is 1. The molecule has 0 fully saturated rings. The minimum Gasteiger partial charge on any atom is -0.507 e. The van der Waals surface area contributed by atoms with Crippen molar-refractivity contribution in [2.45, 2.75) is 38.0 Å². The minimum absolute atomic E-state index is 0.0112. The lowest BCUT2D eigenvalue weighted by Gasteiger charge is -2.20. The Bertz CT molecular complexity index is 916. The minimum atomic E-state index is -3.81. The lowest BCUT2D eigenvalue weighted by molar-refractivity contribution is 0.474. The first-order valence-electron chi connectivity index (χ1n) is 7.65. The van der Waals surface area contributed by atoms with E-state index in [1.807, 2.05) is 26.8 Å². The van der Waals surface area contributed by atoms with E-state index in [9.17, 15) is 13.5 Å². The average molecular weight is 425 g/mol. The molecule has 0 spiro atoms. The summed E-state index contributed by atoms with van der Waals surface area (Å²) in [5.74, 6) is 0.0112. The van der Waals surface area contributed by atoms with E-state index in [4.69, 9.17) is 0 Å². The fourth-order valence-electron chi connectivity index (χ4n) is 2.20. The second-order valence-electron chi connectivity index (χ2n) is 6.79. The van der Waals surface area contributed by atoms with Gasteiger partial charge in [-0.15, -0.1) is 0 Å². The van der Waals surface area contributed by atoms with E-state index in [2.05, 4.69) is 25.9 Å². The number of sulfonamides is 1. The molecule has 0 aliphatic heterocycles. The van der Waals surface area contributed by atoms with Crippen LogP contribution in [0.3, 0.4) is 0 Å². The van der Waals surface area contributed by atoms with Crippen molar-refractivity contribution < 1.29 is 13.5 Å². The lowest BCUT2D eigenvalue weighted by Crippen LogP contribution is -2.21. The number of hydrogen-bond acceptors (Lipinski definition) is 4. The molecular weight excluding hydrogens is 404 g/mol. The Labute approximate surface area is 157 Å². The Morgan fingerprint density at radius 1 is 1.16 bits per heavy atom. The molecule has 0 heterocycles. The van der Waals surface area contributed by atoms with E-state index in [-0.39, 0.29) is 16.1 Å². The maximum absolute atomic E-state index is 12.6. The number of phenols is 1. The van der Waals surface area contributed by atoms with Crippen molar-refractivity contribution in [3.8, 4) is 5.75 Å². The topological polar surface area (TPSA) is 78.8 Å². The van der Waals surface area contributed by atoms with Crippen LogP contribution < -0.4 is 4.83 Å². The van der Waals surface area contributed by atoms with Crippen LogP contribution in [0.4, 0.5) is 0 Å². The summed E-state index contributed by atoms with van der Waals surface area (Å²) in [7, 11) is -3.81. The van der Waals surface area contributed by atoms with Crippen LogP contribution in [0.1, 0.15) is 37.5 Å². The second-order valence-corrected chi connectivity index (χ2v) is 9.33. The molecule has 0 saturated carbocycles. The van der Waals surface area contributed by atoms with Crippen LogP contribution in [-0.4, -0.2) is 19.7 Å². The summed E-state index contributed by atoms with van der Waals surface area (Å²) in [6.07, 6.45) is 1.26. The molecule has 2 aromatic carbocycles. The van der Waals surface area contributed by atoms with Gasteiger partial charge in [-0.3, -0.25) is 0 Å². The highest BCUT2D eigenvalue weighted by molar-refractivity contribution is 9.10. The summed E-state index contributed by atoms with van der Waals surface area (Å²) >= 11 is 3.29. The monoisotopic (exact) mass is 424 g/mol. The molecular formula is C18H21BrN2O3S. The predicted octanol–water partition coefficient (Wildman–Crippen LogP) is 4.07. The third-order valence-corrected chi connectivity index (χ3v) is 5.57. The van der Waals surface area contributed by atoms with Gasteiger partial charge in [0.1, 0.15) is 5.75 Å². The molecule has 2 N–H and O–H groups in total. The molecule has 0 saturated heterocycles. The standard InChI is InChI=1S/C18H21BrN2O3S/c1-12-5-6-14(18(2,3)4)10-17(12)25(23,24)21-20-11-13-9-15(19)7-8-16(13)22/h5-11,21-22H,1-4H3/b20-11+. The third-order valence-electron chi connectivity index (χ3n) is 3.71. The molecule has 0 atom stereocenters. The molecule has 134 valence electrons. The number of nitrogens with zero attached hydrogens (tertiary/aromatic N) is 1. The van der Waals surface area contributed by atoms with Gasteiger partial charge >= 0.3 is 0 Å². The van der Waals surface area contributed by atoms with Crippen molar-refractivity contribution in [1.29, 1.82) is 0 Å². The molecule has 0 aromatic heterocycles. The quantitative estimate of drug-likeness (QED) is 0.573. The normalized spacial score (nSPS) is 12.5. The number of benzene rings is 2. The van der Waals surface area contributed by atoms with Crippen molar-refractivity contribution in [2.24, 2.45) is 5.10 Å². The van der Waals surface area contributed by atoms with Gasteiger partial charge in [-0.05, 0) is 47.7 Å². The van der Waals surface area contributed by atoms with Crippen molar-refractivity contribution in [2.75, 3.05) is 0 Å². The van der Waals surface area contributed by atoms with Crippen LogP contribution in [0.15, 0.2) is 50.9 Å². The highest BCUT2D eigenvalue weighted by Crippen LogP contribution is 2.26. The summed E-state index contributed by atoms with van der Waals surface area (Å²) in [4.78, 5) is 2.40. The van der Waals surface area contributed by atoms with Crippen LogP contribution in [-0.2, 0) is 15.4 Å². The number of phenolic OH excluding ortho intramolecular Hbond substituents is 1. The summed E-state index contributed by atoms with van der Waals surface area (Å²) in [6, 6.07) is 10.2. The van der Waals surface area contributed by atoms with E-state index < -0.39 is 10.0 Å². The molecule has 5 nitrogen and oxygen atoms in total. The molecule has 7 heteroatoms. The van der Waals surface area contributed by atoms with Crippen LogP contribution >= 0.6 is 15.9 Å². The Hall–Kier alpha value is -1.86. The molecule has 0 radical (unpaired) electrons. The number of halogens is 1. The van der Waals surface area contributed by atoms with Gasteiger partial charge < -0.3 is 5.11 Å². The summed E-state index contributed by atoms with van der Waals surface area (Å²) in [5, 5.41) is 13.5. The van der Waals surface area contributed by atoms with Gasteiger partial charge in [-0.25, -0.2) is 4.83 Å². The lowest BCUT2D eigenvalue weighted by atomic mass is 9.87. The van der Waals surface area contributed by atoms with E-state index in [1.54, 1.807) is 31.2 Å². The third kappa shape index (κ3) is 4.83. The highest BCUT2D eigenvalue weighted by atomic mass is 79.9. The van der Waals surface area contributed by atoms with Crippen molar-refractivity contribution in [3.63, 3.8) is 0 Å². The first-order chi connectivity index (χ1) is 11.5. The maximum atomic E-state index is 12.6. The molecule has 2 aromatic rings. The van der Waals surface area contributed by atoms with Crippen molar-refractivity contribution in [1.82, 2.24) is 4.83 Å². The number of rotatable bonds is 4. The van der Waals surface area contributed by atoms with Crippen molar-refractivity contribution in [3.05, 3.63) is 57.6 Å². The Morgan fingerprint density at radius 3 is 2.48 bits per heavy atom. The summed E-state index contributed by atoms with van der Waals surface area (Å²) < 4.78 is 25.9. The second kappa shape index (κ2) is 7.17. The Kier molecular flexibility index (Phi) is 5.58. The van der Waals surface area contributed by atoms with Gasteiger partial charge in [0.25, 0.3) is 10.0 Å². The van der Waals surface area contributed by atoms with Gasteiger partial charge in [-0.2, -0.15) is 13.5 Å². The van der Waals surface area contributed by atoms with Crippen LogP contribution in [0.5, 0.6) is 5.75 Å². The molecule has 0 aliphatic rings. The zero-order valence-corrected chi connectivity index (χ0v) is 16.9. The van der Waals surface area contributed by atoms with Crippen LogP contribution in [0.25, 0.3) is 0 Å². The molecule has 0 bridgehead atoms. The Balaban J connectivity index is 2.31. The van der Waals surface area contributed by atoms with E-state index in [0.29, 0.717) is 11.1 Å². The number of nitrogens with one attached hydrogen (secondary N) is 1.